The lowest BCUT2D eigenvalue weighted by Gasteiger charge is -2.17. The zero-order valence-electron chi connectivity index (χ0n) is 18.5. The molecule has 0 aliphatic rings. The first-order valence-corrected chi connectivity index (χ1v) is 10.7. The zero-order chi connectivity index (χ0) is 24.1. The molecule has 170 valence electrons. The lowest BCUT2D eigenvalue weighted by Crippen LogP contribution is -2.68. The van der Waals surface area contributed by atoms with Gasteiger partial charge in [0.1, 0.15) is 7.05 Å². The van der Waals surface area contributed by atoms with Crippen LogP contribution in [0.25, 0.3) is 23.1 Å². The second-order valence-electron chi connectivity index (χ2n) is 7.23. The summed E-state index contributed by atoms with van der Waals surface area (Å²) in [6.45, 7) is 2.09. The smallest absolute Gasteiger partial charge is 0.338 e. The van der Waals surface area contributed by atoms with Crippen molar-refractivity contribution in [1.82, 2.24) is 0 Å². The molecule has 0 amide bonds. The largest absolute Gasteiger partial charge is 0.465 e. The number of nitrogens with zero attached hydrogens (tertiary/aromatic N) is 2. The van der Waals surface area contributed by atoms with Gasteiger partial charge in [0.2, 0.25) is 11.2 Å². The SMILES string of the molecule is COC(=O)c1ccc2c(C)cc(/C=C/c3ccc(N(C)C)cc3)[n+](C)c2c1.[O-][Cl+3]([O-])([O-])[O-]. The molecule has 0 atom stereocenters. The number of anilines is 1. The minimum absolute atomic E-state index is 0.323. The predicted molar refractivity (Wildman–Crippen MR) is 111 cm³/mol. The Morgan fingerprint density at radius 2 is 1.59 bits per heavy atom. The zero-order valence-corrected chi connectivity index (χ0v) is 19.3. The topological polar surface area (TPSA) is 126 Å². The van der Waals surface area contributed by atoms with Crippen LogP contribution in [0.5, 0.6) is 0 Å². The molecule has 0 saturated carbocycles. The summed E-state index contributed by atoms with van der Waals surface area (Å²) < 4.78 is 40.9. The van der Waals surface area contributed by atoms with Crippen molar-refractivity contribution in [3.63, 3.8) is 0 Å². The minimum atomic E-state index is -4.94. The number of hydrogen-bond acceptors (Lipinski definition) is 7. The van der Waals surface area contributed by atoms with E-state index in [0.717, 1.165) is 22.2 Å². The van der Waals surface area contributed by atoms with Crippen LogP contribution in [-0.2, 0) is 11.8 Å². The van der Waals surface area contributed by atoms with E-state index in [2.05, 4.69) is 58.9 Å². The average molecular weight is 461 g/mol. The van der Waals surface area contributed by atoms with E-state index in [1.165, 1.54) is 18.4 Å². The van der Waals surface area contributed by atoms with Gasteiger partial charge in [0.15, 0.2) is 0 Å². The lowest BCUT2D eigenvalue weighted by atomic mass is 10.0. The highest BCUT2D eigenvalue weighted by Crippen LogP contribution is 2.20. The van der Waals surface area contributed by atoms with E-state index in [0.29, 0.717) is 5.56 Å². The minimum Gasteiger partial charge on any atom is -0.465 e. The summed E-state index contributed by atoms with van der Waals surface area (Å²) in [4.78, 5) is 14.0. The summed E-state index contributed by atoms with van der Waals surface area (Å²) in [6, 6.07) is 16.3. The molecule has 1 aromatic heterocycles. The van der Waals surface area contributed by atoms with Crippen molar-refractivity contribution in [1.29, 1.82) is 0 Å². The van der Waals surface area contributed by atoms with Crippen LogP contribution in [0.3, 0.4) is 0 Å². The van der Waals surface area contributed by atoms with Crippen molar-refractivity contribution in [2.75, 3.05) is 26.1 Å². The normalized spacial score (nSPS) is 11.3. The summed E-state index contributed by atoms with van der Waals surface area (Å²) in [6.07, 6.45) is 4.20. The third-order valence-corrected chi connectivity index (χ3v) is 4.81. The van der Waals surface area contributed by atoms with Gasteiger partial charge in [0.25, 0.3) is 0 Å². The van der Waals surface area contributed by atoms with Crippen molar-refractivity contribution in [3.05, 3.63) is 70.9 Å². The summed E-state index contributed by atoms with van der Waals surface area (Å²) in [5, 5.41) is 1.12. The number of carbonyl (C=O) groups is 1. The third-order valence-electron chi connectivity index (χ3n) is 4.81. The number of aromatic nitrogens is 1. The molecular weight excluding hydrogens is 436 g/mol. The molecule has 0 unspecified atom stereocenters. The first-order chi connectivity index (χ1) is 14.9. The van der Waals surface area contributed by atoms with Gasteiger partial charge < -0.3 is 9.64 Å². The van der Waals surface area contributed by atoms with E-state index < -0.39 is 10.2 Å². The van der Waals surface area contributed by atoms with Crippen molar-refractivity contribution >= 4 is 34.7 Å². The Balaban J connectivity index is 0.000000654. The summed E-state index contributed by atoms with van der Waals surface area (Å²) in [5.41, 5.74) is 6.11. The highest BCUT2D eigenvalue weighted by molar-refractivity contribution is 5.94. The maximum absolute atomic E-state index is 11.9. The molecule has 0 aliphatic carbocycles. The molecule has 1 heterocycles. The van der Waals surface area contributed by atoms with Crippen molar-refractivity contribution in [2.45, 2.75) is 6.92 Å². The number of benzene rings is 2. The summed E-state index contributed by atoms with van der Waals surface area (Å²) >= 11 is 0. The van der Waals surface area contributed by atoms with E-state index in [1.54, 1.807) is 0 Å². The van der Waals surface area contributed by atoms with Gasteiger partial charge in [-0.1, -0.05) is 12.1 Å². The first-order valence-electron chi connectivity index (χ1n) is 9.49. The molecule has 9 heteroatoms. The number of hydrogen-bond donors (Lipinski definition) is 0. The molecule has 0 N–H and O–H groups in total. The maximum Gasteiger partial charge on any atom is 0.338 e. The number of ether oxygens (including phenoxy) is 1. The molecular formula is C23H25ClN2O6. The van der Waals surface area contributed by atoms with Crippen LogP contribution in [0.15, 0.2) is 48.5 Å². The van der Waals surface area contributed by atoms with Crippen LogP contribution in [0.1, 0.15) is 27.2 Å². The molecule has 0 fully saturated rings. The quantitative estimate of drug-likeness (QED) is 0.370. The fraction of sp³-hybridized carbons (Fsp3) is 0.217. The molecule has 2 aromatic carbocycles. The molecule has 32 heavy (non-hydrogen) atoms. The Morgan fingerprint density at radius 1 is 1.00 bits per heavy atom. The second-order valence-corrected chi connectivity index (χ2v) is 7.99. The fourth-order valence-corrected chi connectivity index (χ4v) is 3.15. The number of halogens is 1. The first kappa shape index (κ1) is 25.3. The van der Waals surface area contributed by atoms with Gasteiger partial charge in [0, 0.05) is 43.4 Å². The van der Waals surface area contributed by atoms with Gasteiger partial charge in [-0.05, 0) is 48.4 Å². The fourth-order valence-electron chi connectivity index (χ4n) is 3.15. The van der Waals surface area contributed by atoms with E-state index >= 15 is 0 Å². The van der Waals surface area contributed by atoms with E-state index in [9.17, 15) is 4.79 Å². The Morgan fingerprint density at radius 3 is 2.12 bits per heavy atom. The highest BCUT2D eigenvalue weighted by atomic mass is 35.7. The number of pyridine rings is 1. The molecule has 0 bridgehead atoms. The van der Waals surface area contributed by atoms with Crippen molar-refractivity contribution < 1.29 is 43.0 Å². The summed E-state index contributed by atoms with van der Waals surface area (Å²) in [7, 11) is 2.53. The van der Waals surface area contributed by atoms with Crippen LogP contribution < -0.4 is 28.1 Å². The van der Waals surface area contributed by atoms with Crippen LogP contribution in [0, 0.1) is 17.2 Å². The molecule has 0 radical (unpaired) electrons. The van der Waals surface area contributed by atoms with Crippen molar-refractivity contribution in [2.24, 2.45) is 7.05 Å². The molecule has 8 nitrogen and oxygen atoms in total. The molecule has 3 aromatic rings. The Hall–Kier alpha value is -3.01. The lowest BCUT2D eigenvalue weighted by molar-refractivity contribution is -2.00. The summed E-state index contributed by atoms with van der Waals surface area (Å²) in [5.74, 6) is -0.323. The molecule has 3 rings (SSSR count). The van der Waals surface area contributed by atoms with E-state index in [-0.39, 0.29) is 5.97 Å². The Kier molecular flexibility index (Phi) is 8.31. The monoisotopic (exact) mass is 460 g/mol. The van der Waals surface area contributed by atoms with Gasteiger partial charge >= 0.3 is 5.97 Å². The van der Waals surface area contributed by atoms with Crippen LogP contribution in [0.4, 0.5) is 5.69 Å². The number of rotatable bonds is 4. The number of methoxy groups -OCH3 is 1. The highest BCUT2D eigenvalue weighted by Gasteiger charge is 2.16. The second kappa shape index (κ2) is 10.5. The van der Waals surface area contributed by atoms with Crippen LogP contribution in [0.2, 0.25) is 0 Å². The Bertz CT molecular complexity index is 1120. The van der Waals surface area contributed by atoms with E-state index in [4.69, 9.17) is 23.4 Å². The number of carbonyl (C=O) groups excluding carboxylic acids is 1. The van der Waals surface area contributed by atoms with Gasteiger partial charge in [-0.15, -0.1) is 10.2 Å². The third kappa shape index (κ3) is 7.01. The average Bonchev–Trinajstić information content (AvgIpc) is 2.73. The number of fused-ring (bicyclic) bond motifs is 1. The maximum atomic E-state index is 11.9. The van der Waals surface area contributed by atoms with Crippen LogP contribution >= 0.6 is 0 Å². The molecule has 0 saturated heterocycles. The van der Waals surface area contributed by atoms with Gasteiger partial charge in [0.05, 0.1) is 12.7 Å². The van der Waals surface area contributed by atoms with Gasteiger partial charge in [-0.25, -0.2) is 23.4 Å². The molecule has 0 aliphatic heterocycles. The Labute approximate surface area is 189 Å². The van der Waals surface area contributed by atoms with E-state index in [1.807, 2.05) is 39.3 Å². The van der Waals surface area contributed by atoms with Gasteiger partial charge in [-0.2, -0.15) is 4.57 Å². The van der Waals surface area contributed by atoms with Crippen LogP contribution in [-0.4, -0.2) is 27.2 Å². The predicted octanol–water partition coefficient (Wildman–Crippen LogP) is -0.760. The van der Waals surface area contributed by atoms with Gasteiger partial charge in [-0.3, -0.25) is 0 Å². The molecule has 0 spiro atoms. The number of aryl methyl sites for hydroxylation is 2. The standard InChI is InChI=1S/C23H25N2O2.ClHO4/c1-16-14-20(12-8-17-6-10-19(11-7-17)24(2)3)25(4)22-15-18(23(26)27-5)9-13-21(16)22;2-1(3,4)5/h6-15H,1-5H3;(H,2,3,4,5)/q+1;/p-1. The van der Waals surface area contributed by atoms with Crippen molar-refractivity contribution in [3.8, 4) is 0 Å². The number of esters is 1.